The Bertz CT molecular complexity index is 792. The number of benzene rings is 1. The number of fused-ring (bicyclic) bond motifs is 1. The van der Waals surface area contributed by atoms with Gasteiger partial charge in [-0.3, -0.25) is 4.90 Å². The molecular weight excluding hydrogens is 338 g/mol. The lowest BCUT2D eigenvalue weighted by Gasteiger charge is -2.32. The van der Waals surface area contributed by atoms with Gasteiger partial charge in [0.25, 0.3) is 0 Å². The molecule has 0 spiro atoms. The number of piperidine rings is 1. The molecule has 1 aromatic heterocycles. The number of aryl methyl sites for hydroxylation is 1. The molecule has 3 heterocycles. The fourth-order valence-corrected chi connectivity index (χ4v) is 4.20. The molecule has 2 aromatic rings. The van der Waals surface area contributed by atoms with Crippen LogP contribution in [0.2, 0.25) is 0 Å². The highest BCUT2D eigenvalue weighted by molar-refractivity contribution is 5.34. The zero-order valence-electron chi connectivity index (χ0n) is 15.8. The van der Waals surface area contributed by atoms with E-state index in [-0.39, 0.29) is 0 Å². The lowest BCUT2D eigenvalue weighted by atomic mass is 9.97. The number of hydrogen-bond donors (Lipinski definition) is 0. The molecule has 0 bridgehead atoms. The number of nitriles is 1. The van der Waals surface area contributed by atoms with E-state index in [2.05, 4.69) is 25.7 Å². The van der Waals surface area contributed by atoms with Gasteiger partial charge < -0.3 is 9.30 Å². The number of nitrogens with zero attached hydrogens (tertiary/aromatic N) is 5. The molecule has 142 valence electrons. The van der Waals surface area contributed by atoms with Crippen molar-refractivity contribution in [1.29, 1.82) is 5.26 Å². The molecule has 0 aliphatic carbocycles. The molecule has 1 saturated heterocycles. The van der Waals surface area contributed by atoms with Crippen molar-refractivity contribution < 1.29 is 4.74 Å². The summed E-state index contributed by atoms with van der Waals surface area (Å²) in [6, 6.07) is 9.45. The maximum absolute atomic E-state index is 8.86. The van der Waals surface area contributed by atoms with Gasteiger partial charge in [-0.15, -0.1) is 10.2 Å². The lowest BCUT2D eigenvalue weighted by molar-refractivity contribution is 0.166. The molecule has 0 saturated carbocycles. The van der Waals surface area contributed by atoms with Crippen molar-refractivity contribution in [2.24, 2.45) is 0 Å². The van der Waals surface area contributed by atoms with E-state index in [0.717, 1.165) is 38.3 Å². The molecule has 4 rings (SSSR count). The van der Waals surface area contributed by atoms with Gasteiger partial charge in [0.15, 0.2) is 0 Å². The van der Waals surface area contributed by atoms with E-state index < -0.39 is 0 Å². The van der Waals surface area contributed by atoms with Crippen LogP contribution < -0.4 is 4.74 Å². The van der Waals surface area contributed by atoms with E-state index in [1.165, 1.54) is 43.8 Å². The summed E-state index contributed by atoms with van der Waals surface area (Å²) in [5.41, 5.74) is 0.661. The Kier molecular flexibility index (Phi) is 5.69. The molecule has 2 aliphatic heterocycles. The minimum Gasteiger partial charge on any atom is -0.492 e. The van der Waals surface area contributed by atoms with Crippen LogP contribution in [0.1, 0.15) is 55.2 Å². The summed E-state index contributed by atoms with van der Waals surface area (Å²) < 4.78 is 8.25. The highest BCUT2D eigenvalue weighted by atomic mass is 16.5. The molecular formula is C21H27N5O. The number of ether oxygens (including phenoxy) is 1. The van der Waals surface area contributed by atoms with Crippen LogP contribution in [-0.2, 0) is 13.0 Å². The van der Waals surface area contributed by atoms with Gasteiger partial charge in [-0.25, -0.2) is 0 Å². The molecule has 1 fully saturated rings. The van der Waals surface area contributed by atoms with Gasteiger partial charge in [0, 0.05) is 32.0 Å². The second-order valence-electron chi connectivity index (χ2n) is 7.56. The van der Waals surface area contributed by atoms with E-state index >= 15 is 0 Å². The third kappa shape index (κ3) is 4.30. The Morgan fingerprint density at radius 3 is 2.81 bits per heavy atom. The Morgan fingerprint density at radius 1 is 1.07 bits per heavy atom. The molecule has 0 N–H and O–H groups in total. The van der Waals surface area contributed by atoms with Crippen LogP contribution in [0.3, 0.4) is 0 Å². The van der Waals surface area contributed by atoms with Gasteiger partial charge in [-0.05, 0) is 56.5 Å². The Morgan fingerprint density at radius 2 is 1.96 bits per heavy atom. The largest absolute Gasteiger partial charge is 0.492 e. The predicted molar refractivity (Wildman–Crippen MR) is 103 cm³/mol. The minimum atomic E-state index is 0.480. The number of rotatable bonds is 5. The fourth-order valence-electron chi connectivity index (χ4n) is 4.20. The monoisotopic (exact) mass is 365 g/mol. The summed E-state index contributed by atoms with van der Waals surface area (Å²) in [6.45, 7) is 4.81. The van der Waals surface area contributed by atoms with E-state index in [1.54, 1.807) is 12.1 Å². The van der Waals surface area contributed by atoms with Crippen molar-refractivity contribution in [3.63, 3.8) is 0 Å². The normalized spacial score (nSPS) is 20.5. The second-order valence-corrected chi connectivity index (χ2v) is 7.56. The Labute approximate surface area is 160 Å². The van der Waals surface area contributed by atoms with E-state index in [9.17, 15) is 0 Å². The second kappa shape index (κ2) is 8.53. The average Bonchev–Trinajstić information content (AvgIpc) is 2.97. The van der Waals surface area contributed by atoms with Gasteiger partial charge in [-0.2, -0.15) is 5.26 Å². The van der Waals surface area contributed by atoms with Crippen molar-refractivity contribution in [1.82, 2.24) is 19.7 Å². The predicted octanol–water partition coefficient (Wildman–Crippen LogP) is 3.13. The van der Waals surface area contributed by atoms with E-state index in [0.29, 0.717) is 18.1 Å². The van der Waals surface area contributed by atoms with Gasteiger partial charge >= 0.3 is 0 Å². The molecule has 6 nitrogen and oxygen atoms in total. The van der Waals surface area contributed by atoms with Crippen LogP contribution in [-0.4, -0.2) is 45.9 Å². The summed E-state index contributed by atoms with van der Waals surface area (Å²) in [5, 5.41) is 17.9. The SMILES string of the molecule is N#Cc1ccc(OCCN2CCCC(c3nnc4n3CCCCC4)C2)cc1. The zero-order chi connectivity index (χ0) is 18.5. The van der Waals surface area contributed by atoms with Crippen molar-refractivity contribution in [3.05, 3.63) is 41.5 Å². The molecule has 0 radical (unpaired) electrons. The summed E-state index contributed by atoms with van der Waals surface area (Å²) in [4.78, 5) is 2.48. The molecule has 2 aliphatic rings. The third-order valence-electron chi connectivity index (χ3n) is 5.67. The number of likely N-dealkylation sites (tertiary alicyclic amines) is 1. The maximum Gasteiger partial charge on any atom is 0.137 e. The van der Waals surface area contributed by atoms with Crippen molar-refractivity contribution in [3.8, 4) is 11.8 Å². The first-order valence-corrected chi connectivity index (χ1v) is 10.1. The van der Waals surface area contributed by atoms with Crippen molar-refractivity contribution in [2.45, 2.75) is 51.0 Å². The Balaban J connectivity index is 1.32. The third-order valence-corrected chi connectivity index (χ3v) is 5.67. The van der Waals surface area contributed by atoms with Gasteiger partial charge in [0.1, 0.15) is 24.0 Å². The van der Waals surface area contributed by atoms with Gasteiger partial charge in [-0.1, -0.05) is 6.42 Å². The first-order chi connectivity index (χ1) is 13.3. The van der Waals surface area contributed by atoms with Crippen molar-refractivity contribution in [2.75, 3.05) is 26.2 Å². The van der Waals surface area contributed by atoms with Crippen LogP contribution in [0.25, 0.3) is 0 Å². The summed E-state index contributed by atoms with van der Waals surface area (Å²) in [6.07, 6.45) is 7.25. The quantitative estimate of drug-likeness (QED) is 0.814. The minimum absolute atomic E-state index is 0.480. The fraction of sp³-hybridized carbons (Fsp3) is 0.571. The van der Waals surface area contributed by atoms with Crippen LogP contribution >= 0.6 is 0 Å². The molecule has 0 amide bonds. The molecule has 1 atom stereocenters. The summed E-state index contributed by atoms with van der Waals surface area (Å²) in [7, 11) is 0. The first kappa shape index (κ1) is 18.0. The molecule has 1 unspecified atom stereocenters. The Hall–Kier alpha value is -2.39. The smallest absolute Gasteiger partial charge is 0.137 e. The first-order valence-electron chi connectivity index (χ1n) is 10.1. The summed E-state index contributed by atoms with van der Waals surface area (Å²) >= 11 is 0. The summed E-state index contributed by atoms with van der Waals surface area (Å²) in [5.74, 6) is 3.69. The standard InChI is InChI=1S/C21H27N5O/c22-15-17-7-9-19(10-8-17)27-14-13-25-11-4-5-18(16-25)21-24-23-20-6-2-1-3-12-26(20)21/h7-10,18H,1-6,11-14,16H2. The number of hydrogen-bond acceptors (Lipinski definition) is 5. The van der Waals surface area contributed by atoms with Gasteiger partial charge in [0.2, 0.25) is 0 Å². The molecule has 6 heteroatoms. The molecule has 1 aromatic carbocycles. The van der Waals surface area contributed by atoms with Crippen LogP contribution in [0.15, 0.2) is 24.3 Å². The van der Waals surface area contributed by atoms with Crippen LogP contribution in [0.5, 0.6) is 5.75 Å². The van der Waals surface area contributed by atoms with Crippen LogP contribution in [0.4, 0.5) is 0 Å². The topological polar surface area (TPSA) is 67.0 Å². The number of aromatic nitrogens is 3. The maximum atomic E-state index is 8.86. The lowest BCUT2D eigenvalue weighted by Crippen LogP contribution is -2.38. The van der Waals surface area contributed by atoms with Crippen LogP contribution in [0, 0.1) is 11.3 Å². The van der Waals surface area contributed by atoms with E-state index in [4.69, 9.17) is 10.00 Å². The van der Waals surface area contributed by atoms with Gasteiger partial charge in [0.05, 0.1) is 11.6 Å². The highest BCUT2D eigenvalue weighted by Crippen LogP contribution is 2.27. The van der Waals surface area contributed by atoms with E-state index in [1.807, 2.05) is 12.1 Å². The van der Waals surface area contributed by atoms with Crippen molar-refractivity contribution >= 4 is 0 Å². The highest BCUT2D eigenvalue weighted by Gasteiger charge is 2.27. The average molecular weight is 365 g/mol. The molecule has 27 heavy (non-hydrogen) atoms. The zero-order valence-corrected chi connectivity index (χ0v) is 15.8.